The quantitative estimate of drug-likeness (QED) is 0.609. The molecule has 0 saturated heterocycles. The van der Waals surface area contributed by atoms with Gasteiger partial charge >= 0.3 is 0 Å². The molecule has 0 aliphatic carbocycles. The zero-order valence-electron chi connectivity index (χ0n) is 10.5. The largest absolute Gasteiger partial charge is 0.352 e. The van der Waals surface area contributed by atoms with Crippen molar-refractivity contribution in [1.29, 1.82) is 0 Å². The third kappa shape index (κ3) is 4.92. The van der Waals surface area contributed by atoms with Crippen LogP contribution in [-0.4, -0.2) is 16.4 Å². The predicted molar refractivity (Wildman–Crippen MR) is 67.8 cm³/mol. The van der Waals surface area contributed by atoms with Crippen molar-refractivity contribution in [3.8, 4) is 0 Å². The lowest BCUT2D eigenvalue weighted by Crippen LogP contribution is -2.38. The predicted octanol–water partition coefficient (Wildman–Crippen LogP) is 1.34. The molecule has 0 unspecified atom stereocenters. The number of carbonyl (C=O) groups excluding carboxylic acids is 1. The minimum absolute atomic E-state index is 0.0353. The Kier molecular flexibility index (Phi) is 4.38. The lowest BCUT2D eigenvalue weighted by molar-refractivity contribution is -0.384. The maximum atomic E-state index is 11.5. The van der Waals surface area contributed by atoms with Crippen molar-refractivity contribution in [2.45, 2.75) is 32.4 Å². The first kappa shape index (κ1) is 14.1. The number of nitrogens with one attached hydrogen (secondary N) is 1. The molecule has 1 amide bonds. The molecule has 1 aromatic carbocycles. The minimum Gasteiger partial charge on any atom is -0.352 e. The molecular formula is C12H17N3O3. The molecule has 1 aromatic rings. The van der Waals surface area contributed by atoms with Crippen LogP contribution in [0.1, 0.15) is 25.8 Å². The summed E-state index contributed by atoms with van der Waals surface area (Å²) in [6, 6.07) is 6.06. The van der Waals surface area contributed by atoms with Crippen LogP contribution in [-0.2, 0) is 11.3 Å². The second kappa shape index (κ2) is 5.59. The number of amides is 1. The zero-order chi connectivity index (χ0) is 13.8. The third-order valence-corrected chi connectivity index (χ3v) is 2.25. The first-order chi connectivity index (χ1) is 8.28. The molecule has 0 heterocycles. The fourth-order valence-corrected chi connectivity index (χ4v) is 1.41. The maximum Gasteiger partial charge on any atom is 0.269 e. The second-order valence-electron chi connectivity index (χ2n) is 4.87. The molecule has 0 aliphatic heterocycles. The molecule has 0 aliphatic rings. The summed E-state index contributed by atoms with van der Waals surface area (Å²) in [6.45, 7) is 3.89. The van der Waals surface area contributed by atoms with Crippen LogP contribution < -0.4 is 11.1 Å². The average Bonchev–Trinajstić information content (AvgIpc) is 2.24. The van der Waals surface area contributed by atoms with Crippen molar-refractivity contribution in [2.75, 3.05) is 0 Å². The Morgan fingerprint density at radius 1 is 1.39 bits per heavy atom. The third-order valence-electron chi connectivity index (χ3n) is 2.25. The summed E-state index contributed by atoms with van der Waals surface area (Å²) < 4.78 is 0. The monoisotopic (exact) mass is 251 g/mol. The number of hydrogen-bond donors (Lipinski definition) is 2. The van der Waals surface area contributed by atoms with E-state index >= 15 is 0 Å². The Morgan fingerprint density at radius 3 is 2.39 bits per heavy atom. The van der Waals surface area contributed by atoms with Crippen LogP contribution in [0.4, 0.5) is 5.69 Å². The topological polar surface area (TPSA) is 98.3 Å². The minimum atomic E-state index is -0.542. The molecule has 0 bridgehead atoms. The van der Waals surface area contributed by atoms with E-state index in [1.54, 1.807) is 26.0 Å². The van der Waals surface area contributed by atoms with Crippen molar-refractivity contribution in [2.24, 2.45) is 5.73 Å². The summed E-state index contributed by atoms with van der Waals surface area (Å²) in [5, 5.41) is 13.2. The highest BCUT2D eigenvalue weighted by atomic mass is 16.6. The highest BCUT2D eigenvalue weighted by molar-refractivity contribution is 5.77. The molecule has 98 valence electrons. The van der Waals surface area contributed by atoms with Gasteiger partial charge in [-0.2, -0.15) is 0 Å². The number of nitrogens with two attached hydrogens (primary N) is 1. The first-order valence-corrected chi connectivity index (χ1v) is 5.57. The highest BCUT2D eigenvalue weighted by Gasteiger charge is 2.15. The Morgan fingerprint density at radius 2 is 1.94 bits per heavy atom. The Labute approximate surface area is 105 Å². The molecule has 0 fully saturated rings. The van der Waals surface area contributed by atoms with Crippen molar-refractivity contribution in [3.05, 3.63) is 39.9 Å². The lowest BCUT2D eigenvalue weighted by atomic mass is 10.0. The summed E-state index contributed by atoms with van der Waals surface area (Å²) in [5.74, 6) is -0.138. The van der Waals surface area contributed by atoms with Gasteiger partial charge in [0, 0.05) is 30.6 Å². The van der Waals surface area contributed by atoms with Crippen LogP contribution in [0.5, 0.6) is 0 Å². The number of rotatable bonds is 5. The normalized spacial score (nSPS) is 11.1. The van der Waals surface area contributed by atoms with Crippen molar-refractivity contribution >= 4 is 11.6 Å². The molecule has 6 heteroatoms. The Bertz CT molecular complexity index is 435. The molecule has 1 rings (SSSR count). The van der Waals surface area contributed by atoms with E-state index in [1.165, 1.54) is 12.1 Å². The van der Waals surface area contributed by atoms with E-state index in [9.17, 15) is 14.9 Å². The fraction of sp³-hybridized carbons (Fsp3) is 0.417. The molecular weight excluding hydrogens is 234 g/mol. The second-order valence-corrected chi connectivity index (χ2v) is 4.87. The smallest absolute Gasteiger partial charge is 0.269 e. The van der Waals surface area contributed by atoms with Gasteiger partial charge in [0.1, 0.15) is 0 Å². The van der Waals surface area contributed by atoms with E-state index in [4.69, 9.17) is 5.73 Å². The Hall–Kier alpha value is -1.95. The summed E-state index contributed by atoms with van der Waals surface area (Å²) in [4.78, 5) is 21.5. The van der Waals surface area contributed by atoms with Crippen LogP contribution in [0.15, 0.2) is 24.3 Å². The number of nitrogens with zero attached hydrogens (tertiary/aromatic N) is 1. The number of nitro benzene ring substituents is 1. The van der Waals surface area contributed by atoms with Gasteiger partial charge in [0.15, 0.2) is 0 Å². The van der Waals surface area contributed by atoms with Crippen LogP contribution in [0.2, 0.25) is 0 Å². The molecule has 0 atom stereocenters. The van der Waals surface area contributed by atoms with Gasteiger partial charge in [-0.25, -0.2) is 0 Å². The van der Waals surface area contributed by atoms with E-state index < -0.39 is 10.5 Å². The van der Waals surface area contributed by atoms with E-state index in [0.29, 0.717) is 6.54 Å². The zero-order valence-corrected chi connectivity index (χ0v) is 10.5. The van der Waals surface area contributed by atoms with Crippen LogP contribution >= 0.6 is 0 Å². The van der Waals surface area contributed by atoms with Gasteiger partial charge < -0.3 is 11.1 Å². The van der Waals surface area contributed by atoms with Gasteiger partial charge in [0.25, 0.3) is 5.69 Å². The molecule has 0 spiro atoms. The Balaban J connectivity index is 2.49. The van der Waals surface area contributed by atoms with Gasteiger partial charge in [0.05, 0.1) is 4.92 Å². The fourth-order valence-electron chi connectivity index (χ4n) is 1.41. The van der Waals surface area contributed by atoms with E-state index in [-0.39, 0.29) is 18.0 Å². The standard InChI is InChI=1S/C12H17N3O3/c1-12(2,13)7-11(16)14-8-9-3-5-10(6-4-9)15(17)18/h3-6H,7-8,13H2,1-2H3,(H,14,16). The molecule has 3 N–H and O–H groups in total. The van der Waals surface area contributed by atoms with Gasteiger partial charge in [-0.05, 0) is 19.4 Å². The van der Waals surface area contributed by atoms with Crippen LogP contribution in [0, 0.1) is 10.1 Å². The van der Waals surface area contributed by atoms with Gasteiger partial charge in [0.2, 0.25) is 5.91 Å². The van der Waals surface area contributed by atoms with Crippen LogP contribution in [0.3, 0.4) is 0 Å². The summed E-state index contributed by atoms with van der Waals surface area (Å²) in [7, 11) is 0. The molecule has 0 aromatic heterocycles. The van der Waals surface area contributed by atoms with Gasteiger partial charge in [-0.3, -0.25) is 14.9 Å². The number of carbonyl (C=O) groups is 1. The van der Waals surface area contributed by atoms with E-state index in [2.05, 4.69) is 5.32 Å². The summed E-state index contributed by atoms with van der Waals surface area (Å²) >= 11 is 0. The molecule has 0 radical (unpaired) electrons. The number of non-ortho nitro benzene ring substituents is 1. The van der Waals surface area contributed by atoms with Gasteiger partial charge in [-0.1, -0.05) is 12.1 Å². The van der Waals surface area contributed by atoms with Gasteiger partial charge in [-0.15, -0.1) is 0 Å². The van der Waals surface area contributed by atoms with E-state index in [1.807, 2.05) is 0 Å². The molecule has 18 heavy (non-hydrogen) atoms. The number of hydrogen-bond acceptors (Lipinski definition) is 4. The van der Waals surface area contributed by atoms with Crippen molar-refractivity contribution < 1.29 is 9.72 Å². The first-order valence-electron chi connectivity index (χ1n) is 5.57. The lowest BCUT2D eigenvalue weighted by Gasteiger charge is -2.17. The van der Waals surface area contributed by atoms with Crippen molar-refractivity contribution in [3.63, 3.8) is 0 Å². The highest BCUT2D eigenvalue weighted by Crippen LogP contribution is 2.11. The molecule has 6 nitrogen and oxygen atoms in total. The molecule has 0 saturated carbocycles. The number of benzene rings is 1. The maximum absolute atomic E-state index is 11.5. The van der Waals surface area contributed by atoms with Crippen molar-refractivity contribution in [1.82, 2.24) is 5.32 Å². The summed E-state index contributed by atoms with van der Waals surface area (Å²) in [5.41, 5.74) is 6.02. The average molecular weight is 251 g/mol. The number of nitro groups is 1. The SMILES string of the molecule is CC(C)(N)CC(=O)NCc1ccc([N+](=O)[O-])cc1. The van der Waals surface area contributed by atoms with Crippen LogP contribution in [0.25, 0.3) is 0 Å². The van der Waals surface area contributed by atoms with E-state index in [0.717, 1.165) is 5.56 Å². The summed E-state index contributed by atoms with van der Waals surface area (Å²) in [6.07, 6.45) is 0.236.